The zero-order chi connectivity index (χ0) is 26.0. The fourth-order valence-electron chi connectivity index (χ4n) is 4.82. The van der Waals surface area contributed by atoms with E-state index in [0.29, 0.717) is 36.5 Å². The van der Waals surface area contributed by atoms with Gasteiger partial charge < -0.3 is 18.9 Å². The van der Waals surface area contributed by atoms with Gasteiger partial charge in [0.2, 0.25) is 0 Å². The van der Waals surface area contributed by atoms with Crippen molar-refractivity contribution in [1.29, 1.82) is 0 Å². The molecule has 5 heteroatoms. The van der Waals surface area contributed by atoms with Crippen LogP contribution < -0.4 is 9.47 Å². The molecule has 1 aliphatic rings. The summed E-state index contributed by atoms with van der Waals surface area (Å²) in [5.41, 5.74) is 0.951. The number of methoxy groups -OCH3 is 1. The smallest absolute Gasteiger partial charge is 0.334 e. The monoisotopic (exact) mass is 494 g/mol. The summed E-state index contributed by atoms with van der Waals surface area (Å²) in [6.07, 6.45) is 5.78. The van der Waals surface area contributed by atoms with Crippen molar-refractivity contribution in [2.24, 2.45) is 17.8 Å². The molecule has 196 valence electrons. The number of esters is 1. The van der Waals surface area contributed by atoms with Gasteiger partial charge in [-0.1, -0.05) is 64.1 Å². The summed E-state index contributed by atoms with van der Waals surface area (Å²) in [4.78, 5) is 13.0. The number of ether oxygens (including phenoxy) is 4. The van der Waals surface area contributed by atoms with E-state index in [9.17, 15) is 4.79 Å². The molecule has 0 bridgehead atoms. The van der Waals surface area contributed by atoms with E-state index < -0.39 is 5.60 Å². The van der Waals surface area contributed by atoms with Crippen LogP contribution in [0.15, 0.2) is 66.2 Å². The van der Waals surface area contributed by atoms with Crippen LogP contribution in [0, 0.1) is 17.8 Å². The molecule has 2 aromatic rings. The van der Waals surface area contributed by atoms with E-state index in [2.05, 4.69) is 33.8 Å². The van der Waals surface area contributed by atoms with Crippen LogP contribution in [-0.4, -0.2) is 31.9 Å². The van der Waals surface area contributed by atoms with Gasteiger partial charge >= 0.3 is 5.97 Å². The predicted molar refractivity (Wildman–Crippen MR) is 143 cm³/mol. The van der Waals surface area contributed by atoms with Gasteiger partial charge in [0.15, 0.2) is 5.60 Å². The molecule has 0 amide bonds. The molecule has 1 atom stereocenters. The summed E-state index contributed by atoms with van der Waals surface area (Å²) < 4.78 is 23.3. The fraction of sp³-hybridized carbons (Fsp3) is 0.516. The number of benzene rings is 2. The minimum absolute atomic E-state index is 0.221. The first-order valence-electron chi connectivity index (χ1n) is 13.1. The number of rotatable bonds is 14. The molecule has 1 heterocycles. The molecule has 2 aromatic carbocycles. The quantitative estimate of drug-likeness (QED) is 0.209. The lowest BCUT2D eigenvalue weighted by Gasteiger charge is -2.27. The van der Waals surface area contributed by atoms with Gasteiger partial charge in [-0.2, -0.15) is 0 Å². The van der Waals surface area contributed by atoms with E-state index >= 15 is 0 Å². The van der Waals surface area contributed by atoms with Gasteiger partial charge in [0.25, 0.3) is 0 Å². The first-order valence-corrected chi connectivity index (χ1v) is 13.1. The number of hydrogen-bond donors (Lipinski definition) is 0. The third kappa shape index (κ3) is 8.70. The molecule has 0 aliphatic carbocycles. The Kier molecular flexibility index (Phi) is 10.4. The lowest BCUT2D eigenvalue weighted by Crippen LogP contribution is -2.40. The van der Waals surface area contributed by atoms with Gasteiger partial charge in [-0.25, -0.2) is 4.79 Å². The van der Waals surface area contributed by atoms with Crippen molar-refractivity contribution in [1.82, 2.24) is 0 Å². The molecule has 3 rings (SSSR count). The molecular formula is C31H42O5. The third-order valence-electron chi connectivity index (χ3n) is 6.43. The van der Waals surface area contributed by atoms with Crippen molar-refractivity contribution >= 4 is 5.97 Å². The SMILES string of the molecule is COc1ccc(OCC2(COCc3ccccc3)C/C(=C\CC(CC(C)C)CC(C)C)C(=O)O2)cc1. The summed E-state index contributed by atoms with van der Waals surface area (Å²) in [6, 6.07) is 17.4. The Balaban J connectivity index is 1.71. The average molecular weight is 495 g/mol. The number of cyclic esters (lactones) is 1. The van der Waals surface area contributed by atoms with E-state index in [1.54, 1.807) is 7.11 Å². The second-order valence-electron chi connectivity index (χ2n) is 10.8. The Hall–Kier alpha value is -2.79. The highest BCUT2D eigenvalue weighted by atomic mass is 16.6. The Bertz CT molecular complexity index is 954. The highest BCUT2D eigenvalue weighted by Gasteiger charge is 2.45. The lowest BCUT2D eigenvalue weighted by atomic mass is 9.86. The van der Waals surface area contributed by atoms with Crippen LogP contribution in [0.3, 0.4) is 0 Å². The zero-order valence-electron chi connectivity index (χ0n) is 22.5. The van der Waals surface area contributed by atoms with E-state index in [1.165, 1.54) is 0 Å². The van der Waals surface area contributed by atoms with Gasteiger partial charge in [-0.05, 0) is 66.8 Å². The molecule has 1 fully saturated rings. The van der Waals surface area contributed by atoms with Crippen LogP contribution in [0.1, 0.15) is 58.9 Å². The maximum absolute atomic E-state index is 13.0. The van der Waals surface area contributed by atoms with Gasteiger partial charge in [-0.3, -0.25) is 0 Å². The normalized spacial score (nSPS) is 18.9. The zero-order valence-corrected chi connectivity index (χ0v) is 22.5. The second kappa shape index (κ2) is 13.5. The van der Waals surface area contributed by atoms with E-state index in [-0.39, 0.29) is 19.2 Å². The lowest BCUT2D eigenvalue weighted by molar-refractivity contribution is -0.156. The van der Waals surface area contributed by atoms with E-state index in [1.807, 2.05) is 54.6 Å². The van der Waals surface area contributed by atoms with Gasteiger partial charge in [0, 0.05) is 12.0 Å². The first kappa shape index (κ1) is 27.8. The Morgan fingerprint density at radius 1 is 0.917 bits per heavy atom. The standard InChI is InChI=1S/C31H42O5/c1-23(2)17-26(18-24(3)4)11-12-27-19-31(36-30(27)32,21-34-20-25-9-7-6-8-10-25)22-35-29-15-13-28(33-5)14-16-29/h6-10,12-16,23-24,26H,11,17-22H2,1-5H3/b27-12+. The predicted octanol–water partition coefficient (Wildman–Crippen LogP) is 7.00. The Morgan fingerprint density at radius 2 is 1.56 bits per heavy atom. The highest BCUT2D eigenvalue weighted by Crippen LogP contribution is 2.34. The maximum atomic E-state index is 13.0. The summed E-state index contributed by atoms with van der Waals surface area (Å²) in [5.74, 6) is 3.02. The highest BCUT2D eigenvalue weighted by molar-refractivity contribution is 5.91. The average Bonchev–Trinajstić information content (AvgIpc) is 3.17. The second-order valence-corrected chi connectivity index (χ2v) is 10.8. The molecule has 1 aliphatic heterocycles. The molecule has 0 saturated carbocycles. The minimum atomic E-state index is -0.858. The van der Waals surface area contributed by atoms with E-state index in [0.717, 1.165) is 36.1 Å². The molecule has 1 unspecified atom stereocenters. The Labute approximate surface area is 216 Å². The molecular weight excluding hydrogens is 452 g/mol. The fourth-order valence-corrected chi connectivity index (χ4v) is 4.82. The summed E-state index contributed by atoms with van der Waals surface area (Å²) in [6.45, 7) is 9.98. The van der Waals surface area contributed by atoms with Crippen LogP contribution in [0.5, 0.6) is 11.5 Å². The van der Waals surface area contributed by atoms with Crippen molar-refractivity contribution < 1.29 is 23.7 Å². The van der Waals surface area contributed by atoms with Crippen LogP contribution >= 0.6 is 0 Å². The van der Waals surface area contributed by atoms with Gasteiger partial charge in [0.1, 0.15) is 18.1 Å². The summed E-state index contributed by atoms with van der Waals surface area (Å²) in [5, 5.41) is 0. The topological polar surface area (TPSA) is 54.0 Å². The van der Waals surface area contributed by atoms with E-state index in [4.69, 9.17) is 18.9 Å². The Morgan fingerprint density at radius 3 is 2.17 bits per heavy atom. The molecule has 0 radical (unpaired) electrons. The number of allylic oxidation sites excluding steroid dienone is 1. The van der Waals surface area contributed by atoms with Crippen LogP contribution in [0.4, 0.5) is 0 Å². The molecule has 0 aromatic heterocycles. The van der Waals surface area contributed by atoms with Crippen molar-refractivity contribution in [3.63, 3.8) is 0 Å². The largest absolute Gasteiger partial charge is 0.497 e. The number of carbonyl (C=O) groups excluding carboxylic acids is 1. The van der Waals surface area contributed by atoms with Crippen molar-refractivity contribution in [3.8, 4) is 11.5 Å². The van der Waals surface area contributed by atoms with Crippen molar-refractivity contribution in [3.05, 3.63) is 71.8 Å². The third-order valence-corrected chi connectivity index (χ3v) is 6.43. The molecule has 0 spiro atoms. The first-order chi connectivity index (χ1) is 17.3. The van der Waals surface area contributed by atoms with Gasteiger partial charge in [0.05, 0.1) is 20.3 Å². The van der Waals surface area contributed by atoms with Crippen LogP contribution in [-0.2, 0) is 20.9 Å². The summed E-state index contributed by atoms with van der Waals surface area (Å²) >= 11 is 0. The van der Waals surface area contributed by atoms with Crippen LogP contribution in [0.25, 0.3) is 0 Å². The number of carbonyl (C=O) groups is 1. The summed E-state index contributed by atoms with van der Waals surface area (Å²) in [7, 11) is 1.63. The minimum Gasteiger partial charge on any atom is -0.497 e. The molecule has 36 heavy (non-hydrogen) atoms. The number of hydrogen-bond acceptors (Lipinski definition) is 5. The molecule has 1 saturated heterocycles. The molecule has 5 nitrogen and oxygen atoms in total. The van der Waals surface area contributed by atoms with Gasteiger partial charge in [-0.15, -0.1) is 0 Å². The maximum Gasteiger partial charge on any atom is 0.334 e. The van der Waals surface area contributed by atoms with Crippen LogP contribution in [0.2, 0.25) is 0 Å². The van der Waals surface area contributed by atoms with Crippen molar-refractivity contribution in [2.45, 2.75) is 65.6 Å². The molecule has 0 N–H and O–H groups in total. The van der Waals surface area contributed by atoms with Crippen molar-refractivity contribution in [2.75, 3.05) is 20.3 Å².